The van der Waals surface area contributed by atoms with E-state index < -0.39 is 9.84 Å². The van der Waals surface area contributed by atoms with Gasteiger partial charge in [-0.3, -0.25) is 4.79 Å². The number of rotatable bonds is 2. The molecule has 2 aliphatic heterocycles. The van der Waals surface area contributed by atoms with Crippen molar-refractivity contribution < 1.29 is 22.7 Å². The molecule has 0 unspecified atom stereocenters. The third-order valence-corrected chi connectivity index (χ3v) is 5.82. The minimum Gasteiger partial charge on any atom is -0.490 e. The molecule has 2 aliphatic rings. The van der Waals surface area contributed by atoms with Gasteiger partial charge in [0.25, 0.3) is 5.91 Å². The third-order valence-electron chi connectivity index (χ3n) is 4.07. The Morgan fingerprint density at radius 2 is 1.95 bits per heavy atom. The number of hydrogen-bond donors (Lipinski definition) is 0. The molecular formula is C15H19NO5S. The molecule has 1 aromatic rings. The van der Waals surface area contributed by atoms with Crippen molar-refractivity contribution in [1.29, 1.82) is 0 Å². The van der Waals surface area contributed by atoms with Crippen molar-refractivity contribution in [1.82, 2.24) is 4.90 Å². The van der Waals surface area contributed by atoms with E-state index in [4.69, 9.17) is 9.47 Å². The first-order chi connectivity index (χ1) is 10.5. The second-order valence-electron chi connectivity index (χ2n) is 5.68. The number of carbonyl (C=O) groups excluding carboxylic acids is 1. The molecule has 1 aromatic carbocycles. The van der Waals surface area contributed by atoms with Crippen LogP contribution in [0.15, 0.2) is 18.2 Å². The molecule has 0 radical (unpaired) electrons. The van der Waals surface area contributed by atoms with Crippen LogP contribution in [0.1, 0.15) is 23.2 Å². The summed E-state index contributed by atoms with van der Waals surface area (Å²) in [4.78, 5) is 14.1. The van der Waals surface area contributed by atoms with Gasteiger partial charge < -0.3 is 14.4 Å². The van der Waals surface area contributed by atoms with Gasteiger partial charge >= 0.3 is 0 Å². The molecule has 2 heterocycles. The van der Waals surface area contributed by atoms with Crippen molar-refractivity contribution >= 4 is 15.7 Å². The molecule has 120 valence electrons. The second-order valence-corrected chi connectivity index (χ2v) is 7.91. The lowest BCUT2D eigenvalue weighted by atomic mass is 10.1. The Bertz CT molecular complexity index is 685. The highest BCUT2D eigenvalue weighted by Crippen LogP contribution is 2.31. The molecule has 0 bridgehead atoms. The van der Waals surface area contributed by atoms with Crippen LogP contribution < -0.4 is 9.47 Å². The largest absolute Gasteiger partial charge is 0.490 e. The van der Waals surface area contributed by atoms with Gasteiger partial charge in [-0.15, -0.1) is 0 Å². The van der Waals surface area contributed by atoms with Crippen LogP contribution in [0.4, 0.5) is 0 Å². The molecule has 6 nitrogen and oxygen atoms in total. The van der Waals surface area contributed by atoms with E-state index in [1.54, 1.807) is 25.2 Å². The Hall–Kier alpha value is -1.76. The molecule has 0 saturated carbocycles. The number of ether oxygens (including phenoxy) is 2. The zero-order valence-corrected chi connectivity index (χ0v) is 13.3. The zero-order valence-electron chi connectivity index (χ0n) is 12.4. The van der Waals surface area contributed by atoms with E-state index in [-0.39, 0.29) is 23.5 Å². The average Bonchev–Trinajstić information content (AvgIpc) is 2.72. The molecule has 1 atom stereocenters. The van der Waals surface area contributed by atoms with E-state index >= 15 is 0 Å². The lowest BCUT2D eigenvalue weighted by molar-refractivity contribution is 0.0747. The molecule has 0 spiro atoms. The summed E-state index contributed by atoms with van der Waals surface area (Å²) in [6.45, 7) is 1.15. The number of amides is 1. The fourth-order valence-corrected chi connectivity index (χ4v) is 4.52. The number of sulfone groups is 1. The average molecular weight is 325 g/mol. The van der Waals surface area contributed by atoms with Crippen molar-refractivity contribution in [3.8, 4) is 11.5 Å². The summed E-state index contributed by atoms with van der Waals surface area (Å²) in [6, 6.07) is 4.83. The van der Waals surface area contributed by atoms with Crippen LogP contribution in [0.3, 0.4) is 0 Å². The molecular weight excluding hydrogens is 306 g/mol. The first kappa shape index (κ1) is 15.1. The molecule has 3 rings (SSSR count). The van der Waals surface area contributed by atoms with Gasteiger partial charge in [-0.1, -0.05) is 0 Å². The van der Waals surface area contributed by atoms with Crippen LogP contribution in [0, 0.1) is 0 Å². The lowest BCUT2D eigenvalue weighted by Gasteiger charge is -2.23. The standard InChI is InChI=1S/C15H19NO5S/c1-16(12-5-8-22(18,19)10-12)15(17)11-3-4-13-14(9-11)21-7-2-6-20-13/h3-4,9,12H,2,5-8,10H2,1H3/t12-/m0/s1. The minimum absolute atomic E-state index is 0.0415. The van der Waals surface area contributed by atoms with Crippen molar-refractivity contribution in [2.24, 2.45) is 0 Å². The number of benzene rings is 1. The minimum atomic E-state index is -3.01. The van der Waals surface area contributed by atoms with Gasteiger partial charge in [-0.25, -0.2) is 8.42 Å². The molecule has 0 aromatic heterocycles. The predicted octanol–water partition coefficient (Wildman–Crippen LogP) is 1.11. The summed E-state index contributed by atoms with van der Waals surface area (Å²) in [5.41, 5.74) is 0.482. The van der Waals surface area contributed by atoms with E-state index in [2.05, 4.69) is 0 Å². The van der Waals surface area contributed by atoms with Gasteiger partial charge in [0.2, 0.25) is 0 Å². The van der Waals surface area contributed by atoms with Crippen LogP contribution in [-0.4, -0.2) is 57.0 Å². The second kappa shape index (κ2) is 5.79. The normalized spacial score (nSPS) is 22.9. The highest BCUT2D eigenvalue weighted by Gasteiger charge is 2.33. The monoisotopic (exact) mass is 325 g/mol. The zero-order chi connectivity index (χ0) is 15.7. The fraction of sp³-hybridized carbons (Fsp3) is 0.533. The van der Waals surface area contributed by atoms with Gasteiger partial charge in [-0.2, -0.15) is 0 Å². The summed E-state index contributed by atoms with van der Waals surface area (Å²) in [5.74, 6) is 1.20. The van der Waals surface area contributed by atoms with E-state index in [0.29, 0.717) is 36.7 Å². The van der Waals surface area contributed by atoms with Gasteiger partial charge in [-0.05, 0) is 24.6 Å². The Morgan fingerprint density at radius 1 is 1.23 bits per heavy atom. The van der Waals surface area contributed by atoms with Crippen LogP contribution in [0.25, 0.3) is 0 Å². The van der Waals surface area contributed by atoms with Crippen molar-refractivity contribution in [2.75, 3.05) is 31.8 Å². The van der Waals surface area contributed by atoms with Crippen LogP contribution in [0.2, 0.25) is 0 Å². The Kier molecular flexibility index (Phi) is 3.99. The number of carbonyl (C=O) groups is 1. The van der Waals surface area contributed by atoms with Crippen molar-refractivity contribution in [3.63, 3.8) is 0 Å². The summed E-state index contributed by atoms with van der Waals surface area (Å²) in [7, 11) is -1.36. The van der Waals surface area contributed by atoms with E-state index in [0.717, 1.165) is 6.42 Å². The Labute approximate surface area is 129 Å². The third kappa shape index (κ3) is 3.04. The number of fused-ring (bicyclic) bond motifs is 1. The van der Waals surface area contributed by atoms with Crippen molar-refractivity contribution in [2.45, 2.75) is 18.9 Å². The molecule has 0 N–H and O–H groups in total. The first-order valence-electron chi connectivity index (χ1n) is 7.33. The fourth-order valence-electron chi connectivity index (χ4n) is 2.75. The van der Waals surface area contributed by atoms with E-state index in [1.165, 1.54) is 4.90 Å². The molecule has 1 saturated heterocycles. The summed E-state index contributed by atoms with van der Waals surface area (Å²) in [6.07, 6.45) is 1.30. The Morgan fingerprint density at radius 3 is 2.64 bits per heavy atom. The highest BCUT2D eigenvalue weighted by molar-refractivity contribution is 7.91. The number of hydrogen-bond acceptors (Lipinski definition) is 5. The molecule has 1 amide bonds. The smallest absolute Gasteiger partial charge is 0.254 e. The van der Waals surface area contributed by atoms with E-state index in [1.807, 2.05) is 0 Å². The number of nitrogens with zero attached hydrogens (tertiary/aromatic N) is 1. The van der Waals surface area contributed by atoms with Gasteiger partial charge in [0, 0.05) is 25.1 Å². The van der Waals surface area contributed by atoms with Crippen LogP contribution in [-0.2, 0) is 9.84 Å². The van der Waals surface area contributed by atoms with Crippen LogP contribution >= 0.6 is 0 Å². The molecule has 0 aliphatic carbocycles. The maximum absolute atomic E-state index is 12.5. The molecule has 1 fully saturated rings. The van der Waals surface area contributed by atoms with Gasteiger partial charge in [0.05, 0.1) is 24.7 Å². The van der Waals surface area contributed by atoms with Gasteiger partial charge in [0.1, 0.15) is 0 Å². The molecule has 22 heavy (non-hydrogen) atoms. The predicted molar refractivity (Wildman–Crippen MR) is 81.2 cm³/mol. The summed E-state index contributed by atoms with van der Waals surface area (Å²) < 4.78 is 34.2. The van der Waals surface area contributed by atoms with E-state index in [9.17, 15) is 13.2 Å². The lowest BCUT2D eigenvalue weighted by Crippen LogP contribution is -2.37. The quantitative estimate of drug-likeness (QED) is 0.814. The SMILES string of the molecule is CN(C(=O)c1ccc2c(c1)OCCCO2)[C@H]1CCS(=O)(=O)C1. The maximum Gasteiger partial charge on any atom is 0.254 e. The Balaban J connectivity index is 1.79. The maximum atomic E-state index is 12.5. The highest BCUT2D eigenvalue weighted by atomic mass is 32.2. The topological polar surface area (TPSA) is 72.9 Å². The molecule has 7 heteroatoms. The first-order valence-corrected chi connectivity index (χ1v) is 9.16. The van der Waals surface area contributed by atoms with Gasteiger partial charge in [0.15, 0.2) is 21.3 Å². The van der Waals surface area contributed by atoms with Crippen LogP contribution in [0.5, 0.6) is 11.5 Å². The summed E-state index contributed by atoms with van der Waals surface area (Å²) in [5, 5.41) is 0. The summed E-state index contributed by atoms with van der Waals surface area (Å²) >= 11 is 0. The van der Waals surface area contributed by atoms with Crippen molar-refractivity contribution in [3.05, 3.63) is 23.8 Å².